The van der Waals surface area contributed by atoms with Crippen LogP contribution >= 0.6 is 0 Å². The molecule has 3 unspecified atom stereocenters. The lowest BCUT2D eigenvalue weighted by molar-refractivity contribution is 0.253. The second-order valence-electron chi connectivity index (χ2n) is 6.15. The van der Waals surface area contributed by atoms with Gasteiger partial charge in [0.15, 0.2) is 5.96 Å². The standard InChI is InChI=1S/C16H22FN3/c1-11-4-2-5-12(8-11)15-10-19-16(18)20(15)14-7-3-6-13(17)9-14/h3,6-7,9,11-12,15H,2,4-5,8,10H2,1H3,(H2,18,19). The van der Waals surface area contributed by atoms with Crippen LogP contribution in [0.15, 0.2) is 29.3 Å². The average Bonchev–Trinajstić information content (AvgIpc) is 2.80. The summed E-state index contributed by atoms with van der Waals surface area (Å²) in [5.74, 6) is 1.67. The van der Waals surface area contributed by atoms with Gasteiger partial charge in [-0.2, -0.15) is 0 Å². The summed E-state index contributed by atoms with van der Waals surface area (Å²) in [5.41, 5.74) is 6.87. The Hall–Kier alpha value is -1.58. The Labute approximate surface area is 119 Å². The summed E-state index contributed by atoms with van der Waals surface area (Å²) in [6.45, 7) is 3.05. The minimum atomic E-state index is -0.224. The van der Waals surface area contributed by atoms with Gasteiger partial charge >= 0.3 is 0 Å². The first-order valence-electron chi connectivity index (χ1n) is 7.50. The lowest BCUT2D eigenvalue weighted by Gasteiger charge is -2.36. The molecule has 1 aromatic rings. The normalized spacial score (nSPS) is 30.4. The van der Waals surface area contributed by atoms with E-state index in [1.165, 1.54) is 31.7 Å². The van der Waals surface area contributed by atoms with Gasteiger partial charge in [0.2, 0.25) is 0 Å². The van der Waals surface area contributed by atoms with E-state index in [2.05, 4.69) is 11.9 Å². The summed E-state index contributed by atoms with van der Waals surface area (Å²) >= 11 is 0. The van der Waals surface area contributed by atoms with Crippen LogP contribution in [0.3, 0.4) is 0 Å². The van der Waals surface area contributed by atoms with Gasteiger partial charge in [-0.05, 0) is 42.9 Å². The molecule has 1 saturated carbocycles. The fraction of sp³-hybridized carbons (Fsp3) is 0.562. The number of anilines is 1. The Morgan fingerprint density at radius 3 is 2.95 bits per heavy atom. The van der Waals surface area contributed by atoms with Crippen molar-refractivity contribution in [3.05, 3.63) is 30.1 Å². The Bertz CT molecular complexity index is 514. The first-order valence-corrected chi connectivity index (χ1v) is 7.50. The van der Waals surface area contributed by atoms with E-state index in [9.17, 15) is 4.39 Å². The summed E-state index contributed by atoms with van der Waals surface area (Å²) in [6, 6.07) is 6.95. The molecular weight excluding hydrogens is 253 g/mol. The van der Waals surface area contributed by atoms with Crippen LogP contribution < -0.4 is 10.6 Å². The highest BCUT2D eigenvalue weighted by molar-refractivity contribution is 5.97. The second-order valence-corrected chi connectivity index (χ2v) is 6.15. The lowest BCUT2D eigenvalue weighted by Crippen LogP contribution is -2.46. The van der Waals surface area contributed by atoms with E-state index < -0.39 is 0 Å². The molecule has 0 bridgehead atoms. The highest BCUT2D eigenvalue weighted by Gasteiger charge is 2.35. The molecule has 1 aliphatic heterocycles. The highest BCUT2D eigenvalue weighted by atomic mass is 19.1. The van der Waals surface area contributed by atoms with Crippen LogP contribution in [0.25, 0.3) is 0 Å². The van der Waals surface area contributed by atoms with Gasteiger partial charge in [0.1, 0.15) is 5.82 Å². The lowest BCUT2D eigenvalue weighted by atomic mass is 9.78. The Morgan fingerprint density at radius 2 is 2.20 bits per heavy atom. The predicted molar refractivity (Wildman–Crippen MR) is 80.3 cm³/mol. The number of nitrogens with two attached hydrogens (primary N) is 1. The monoisotopic (exact) mass is 275 g/mol. The molecule has 3 nitrogen and oxygen atoms in total. The molecule has 20 heavy (non-hydrogen) atoms. The minimum Gasteiger partial charge on any atom is -0.370 e. The molecule has 4 heteroatoms. The van der Waals surface area contributed by atoms with Crippen LogP contribution in [0, 0.1) is 17.7 Å². The van der Waals surface area contributed by atoms with Crippen molar-refractivity contribution in [3.8, 4) is 0 Å². The molecule has 1 heterocycles. The van der Waals surface area contributed by atoms with E-state index in [0.29, 0.717) is 17.9 Å². The second kappa shape index (κ2) is 5.43. The van der Waals surface area contributed by atoms with Crippen LogP contribution in [0.2, 0.25) is 0 Å². The van der Waals surface area contributed by atoms with Crippen molar-refractivity contribution in [2.75, 3.05) is 11.4 Å². The molecular formula is C16H22FN3. The average molecular weight is 275 g/mol. The Balaban J connectivity index is 1.84. The van der Waals surface area contributed by atoms with Crippen LogP contribution in [-0.4, -0.2) is 18.5 Å². The molecule has 3 atom stereocenters. The molecule has 0 radical (unpaired) electrons. The van der Waals surface area contributed by atoms with Gasteiger partial charge in [0.25, 0.3) is 0 Å². The van der Waals surface area contributed by atoms with Crippen molar-refractivity contribution < 1.29 is 4.39 Å². The van der Waals surface area contributed by atoms with Crippen molar-refractivity contribution in [1.82, 2.24) is 0 Å². The summed E-state index contributed by atoms with van der Waals surface area (Å²) < 4.78 is 13.5. The van der Waals surface area contributed by atoms with Crippen LogP contribution in [0.4, 0.5) is 10.1 Å². The van der Waals surface area contributed by atoms with Crippen molar-refractivity contribution in [2.24, 2.45) is 22.6 Å². The van der Waals surface area contributed by atoms with Crippen molar-refractivity contribution in [2.45, 2.75) is 38.6 Å². The van der Waals surface area contributed by atoms with E-state index in [0.717, 1.165) is 18.2 Å². The number of aliphatic imine (C=N–C) groups is 1. The van der Waals surface area contributed by atoms with Gasteiger partial charge in [0.05, 0.1) is 12.6 Å². The molecule has 2 aliphatic rings. The fourth-order valence-corrected chi connectivity index (χ4v) is 3.65. The molecule has 3 rings (SSSR count). The molecule has 0 aromatic heterocycles. The van der Waals surface area contributed by atoms with Crippen LogP contribution in [-0.2, 0) is 0 Å². The number of hydrogen-bond donors (Lipinski definition) is 1. The summed E-state index contributed by atoms with van der Waals surface area (Å²) in [5, 5.41) is 0. The first kappa shape index (κ1) is 13.4. The van der Waals surface area contributed by atoms with Crippen molar-refractivity contribution >= 4 is 11.6 Å². The quantitative estimate of drug-likeness (QED) is 0.900. The van der Waals surface area contributed by atoms with Gasteiger partial charge in [-0.15, -0.1) is 0 Å². The van der Waals surface area contributed by atoms with E-state index in [4.69, 9.17) is 5.73 Å². The Kier molecular flexibility index (Phi) is 3.64. The molecule has 1 aromatic carbocycles. The third kappa shape index (κ3) is 2.51. The molecule has 0 saturated heterocycles. The summed E-state index contributed by atoms with van der Waals surface area (Å²) in [6.07, 6.45) is 5.04. The number of halogens is 1. The minimum absolute atomic E-state index is 0.224. The highest BCUT2D eigenvalue weighted by Crippen LogP contribution is 2.36. The van der Waals surface area contributed by atoms with Crippen molar-refractivity contribution in [3.63, 3.8) is 0 Å². The molecule has 108 valence electrons. The van der Waals surface area contributed by atoms with E-state index in [1.807, 2.05) is 11.0 Å². The maximum Gasteiger partial charge on any atom is 0.196 e. The third-order valence-electron chi connectivity index (χ3n) is 4.63. The summed E-state index contributed by atoms with van der Waals surface area (Å²) in [7, 11) is 0. The van der Waals surface area contributed by atoms with Crippen LogP contribution in [0.5, 0.6) is 0 Å². The molecule has 0 spiro atoms. The zero-order valence-electron chi connectivity index (χ0n) is 11.9. The molecule has 1 fully saturated rings. The fourth-order valence-electron chi connectivity index (χ4n) is 3.65. The zero-order valence-corrected chi connectivity index (χ0v) is 11.9. The SMILES string of the molecule is CC1CCCC(C2CN=C(N)N2c2cccc(F)c2)C1. The number of guanidine groups is 1. The third-order valence-corrected chi connectivity index (χ3v) is 4.63. The summed E-state index contributed by atoms with van der Waals surface area (Å²) in [4.78, 5) is 6.44. The zero-order chi connectivity index (χ0) is 14.1. The van der Waals surface area contributed by atoms with Crippen molar-refractivity contribution in [1.29, 1.82) is 0 Å². The number of hydrogen-bond acceptors (Lipinski definition) is 3. The molecule has 0 amide bonds. The Morgan fingerprint density at radius 1 is 1.35 bits per heavy atom. The van der Waals surface area contributed by atoms with Gasteiger partial charge in [-0.25, -0.2) is 4.39 Å². The number of benzene rings is 1. The largest absolute Gasteiger partial charge is 0.370 e. The molecule has 2 N–H and O–H groups in total. The van der Waals surface area contributed by atoms with Gasteiger partial charge in [0, 0.05) is 5.69 Å². The van der Waals surface area contributed by atoms with Crippen LogP contribution in [0.1, 0.15) is 32.6 Å². The van der Waals surface area contributed by atoms with E-state index in [1.54, 1.807) is 12.1 Å². The number of rotatable bonds is 2. The predicted octanol–water partition coefficient (Wildman–Crippen LogP) is 3.16. The first-order chi connectivity index (χ1) is 9.65. The van der Waals surface area contributed by atoms with Gasteiger partial charge < -0.3 is 10.6 Å². The maximum absolute atomic E-state index is 13.5. The van der Waals surface area contributed by atoms with Gasteiger partial charge in [-0.3, -0.25) is 4.99 Å². The topological polar surface area (TPSA) is 41.6 Å². The maximum atomic E-state index is 13.5. The smallest absolute Gasteiger partial charge is 0.196 e. The van der Waals surface area contributed by atoms with E-state index >= 15 is 0 Å². The number of nitrogens with zero attached hydrogens (tertiary/aromatic N) is 2. The molecule has 1 aliphatic carbocycles. The van der Waals surface area contributed by atoms with E-state index in [-0.39, 0.29) is 5.82 Å². The van der Waals surface area contributed by atoms with Gasteiger partial charge in [-0.1, -0.05) is 25.8 Å².